The van der Waals surface area contributed by atoms with E-state index < -0.39 is 0 Å². The first-order valence-electron chi connectivity index (χ1n) is 12.3. The Morgan fingerprint density at radius 2 is 1.91 bits per heavy atom. The Hall–Kier alpha value is -3.39. The van der Waals surface area contributed by atoms with E-state index in [0.29, 0.717) is 17.2 Å². The van der Waals surface area contributed by atoms with E-state index in [1.807, 2.05) is 39.8 Å². The lowest BCUT2D eigenvalue weighted by atomic mass is 9.95. The fraction of sp³-hybridized carbons (Fsp3) is 0.444. The number of aromatic amines is 2. The first-order chi connectivity index (χ1) is 16.8. The molecule has 0 aliphatic carbocycles. The van der Waals surface area contributed by atoms with Gasteiger partial charge in [0.25, 0.3) is 11.5 Å². The quantitative estimate of drug-likeness (QED) is 0.478. The molecule has 4 rings (SSSR count). The third kappa shape index (κ3) is 5.17. The van der Waals surface area contributed by atoms with E-state index in [-0.39, 0.29) is 18.0 Å². The van der Waals surface area contributed by atoms with E-state index in [1.54, 1.807) is 6.20 Å². The van der Waals surface area contributed by atoms with Crippen LogP contribution in [0, 0.1) is 27.7 Å². The van der Waals surface area contributed by atoms with Gasteiger partial charge >= 0.3 is 0 Å². The summed E-state index contributed by atoms with van der Waals surface area (Å²) in [6.45, 7) is 12.4. The smallest absolute Gasteiger partial charge is 0.253 e. The van der Waals surface area contributed by atoms with Crippen LogP contribution in [0.15, 0.2) is 29.2 Å². The second-order valence-corrected chi connectivity index (χ2v) is 9.33. The van der Waals surface area contributed by atoms with Crippen LogP contribution in [0.1, 0.15) is 58.2 Å². The molecule has 1 amide bonds. The molecule has 1 aromatic carbocycles. The van der Waals surface area contributed by atoms with Crippen molar-refractivity contribution in [2.24, 2.45) is 0 Å². The van der Waals surface area contributed by atoms with Crippen molar-refractivity contribution in [2.75, 3.05) is 24.7 Å². The van der Waals surface area contributed by atoms with Crippen molar-refractivity contribution in [3.63, 3.8) is 0 Å². The van der Waals surface area contributed by atoms with Gasteiger partial charge in [-0.2, -0.15) is 5.10 Å². The van der Waals surface area contributed by atoms with Gasteiger partial charge in [-0.05, 0) is 82.3 Å². The molecule has 3 N–H and O–H groups in total. The lowest BCUT2D eigenvalue weighted by Crippen LogP contribution is -2.40. The molecule has 0 unspecified atom stereocenters. The van der Waals surface area contributed by atoms with Crippen LogP contribution < -0.4 is 15.8 Å². The fourth-order valence-electron chi connectivity index (χ4n) is 5.02. The predicted octanol–water partition coefficient (Wildman–Crippen LogP) is 3.93. The summed E-state index contributed by atoms with van der Waals surface area (Å²) >= 11 is 0. The minimum absolute atomic E-state index is 0.167. The Morgan fingerprint density at radius 1 is 1.17 bits per heavy atom. The minimum Gasteiger partial charge on any atom is -0.381 e. The number of aryl methyl sites for hydroxylation is 3. The van der Waals surface area contributed by atoms with Crippen LogP contribution >= 0.6 is 0 Å². The Morgan fingerprint density at radius 3 is 2.54 bits per heavy atom. The van der Waals surface area contributed by atoms with Gasteiger partial charge in [0, 0.05) is 66.1 Å². The molecule has 2 aromatic heterocycles. The normalized spacial score (nSPS) is 14.2. The summed E-state index contributed by atoms with van der Waals surface area (Å²) < 4.78 is 5.59. The minimum atomic E-state index is -0.200. The molecule has 3 heterocycles. The van der Waals surface area contributed by atoms with E-state index in [9.17, 15) is 9.59 Å². The third-order valence-electron chi connectivity index (χ3n) is 6.97. The number of hydrogen-bond donors (Lipinski definition) is 3. The van der Waals surface area contributed by atoms with Gasteiger partial charge in [0.05, 0.1) is 6.20 Å². The number of aromatic nitrogens is 3. The number of pyridine rings is 1. The Kier molecular flexibility index (Phi) is 7.40. The van der Waals surface area contributed by atoms with E-state index in [1.165, 1.54) is 0 Å². The molecule has 0 radical (unpaired) electrons. The van der Waals surface area contributed by atoms with Crippen molar-refractivity contribution in [3.05, 3.63) is 68.4 Å². The van der Waals surface area contributed by atoms with Crippen LogP contribution in [-0.2, 0) is 11.3 Å². The largest absolute Gasteiger partial charge is 0.381 e. The molecule has 1 saturated heterocycles. The fourth-order valence-corrected chi connectivity index (χ4v) is 5.02. The molecule has 0 atom stereocenters. The van der Waals surface area contributed by atoms with Gasteiger partial charge in [-0.1, -0.05) is 0 Å². The van der Waals surface area contributed by atoms with Crippen LogP contribution in [-0.4, -0.2) is 46.9 Å². The number of amides is 1. The average molecular weight is 478 g/mol. The lowest BCUT2D eigenvalue weighted by Gasteiger charge is -2.37. The van der Waals surface area contributed by atoms with Crippen LogP contribution in [0.4, 0.5) is 5.69 Å². The highest BCUT2D eigenvalue weighted by atomic mass is 16.5. The highest BCUT2D eigenvalue weighted by Gasteiger charge is 2.25. The van der Waals surface area contributed by atoms with Crippen molar-refractivity contribution in [3.8, 4) is 11.1 Å². The first kappa shape index (κ1) is 24.7. The third-order valence-corrected chi connectivity index (χ3v) is 6.97. The molecular weight excluding hydrogens is 442 g/mol. The van der Waals surface area contributed by atoms with Crippen LogP contribution in [0.5, 0.6) is 0 Å². The van der Waals surface area contributed by atoms with Crippen LogP contribution in [0.25, 0.3) is 11.1 Å². The summed E-state index contributed by atoms with van der Waals surface area (Å²) in [5, 5.41) is 10.2. The summed E-state index contributed by atoms with van der Waals surface area (Å²) in [6, 6.07) is 6.37. The maximum Gasteiger partial charge on any atom is 0.253 e. The maximum absolute atomic E-state index is 13.5. The van der Waals surface area contributed by atoms with Gasteiger partial charge in [-0.15, -0.1) is 0 Å². The topological polar surface area (TPSA) is 103 Å². The predicted molar refractivity (Wildman–Crippen MR) is 138 cm³/mol. The Bertz CT molecular complexity index is 1270. The van der Waals surface area contributed by atoms with Crippen molar-refractivity contribution < 1.29 is 9.53 Å². The molecule has 0 spiro atoms. The van der Waals surface area contributed by atoms with Crippen LogP contribution in [0.2, 0.25) is 0 Å². The monoisotopic (exact) mass is 477 g/mol. The number of ether oxygens (including phenoxy) is 1. The number of carbonyl (C=O) groups is 1. The molecule has 3 aromatic rings. The zero-order chi connectivity index (χ0) is 25.1. The lowest BCUT2D eigenvalue weighted by molar-refractivity contribution is 0.0846. The molecule has 0 bridgehead atoms. The van der Waals surface area contributed by atoms with Gasteiger partial charge in [0.2, 0.25) is 0 Å². The highest BCUT2D eigenvalue weighted by Crippen LogP contribution is 2.34. The maximum atomic E-state index is 13.5. The van der Waals surface area contributed by atoms with Gasteiger partial charge in [0.1, 0.15) is 0 Å². The Labute approximate surface area is 206 Å². The van der Waals surface area contributed by atoms with Crippen molar-refractivity contribution >= 4 is 11.6 Å². The number of nitrogens with zero attached hydrogens (tertiary/aromatic N) is 2. The van der Waals surface area contributed by atoms with E-state index in [0.717, 1.165) is 71.9 Å². The summed E-state index contributed by atoms with van der Waals surface area (Å²) in [7, 11) is 0. The van der Waals surface area contributed by atoms with E-state index in [4.69, 9.17) is 4.74 Å². The van der Waals surface area contributed by atoms with Crippen molar-refractivity contribution in [2.45, 2.75) is 60.0 Å². The summed E-state index contributed by atoms with van der Waals surface area (Å²) in [6.07, 6.45) is 3.71. The number of nitrogens with one attached hydrogen (secondary N) is 3. The molecule has 0 saturated carbocycles. The average Bonchev–Trinajstić information content (AvgIpc) is 3.26. The van der Waals surface area contributed by atoms with Crippen molar-refractivity contribution in [1.29, 1.82) is 0 Å². The summed E-state index contributed by atoms with van der Waals surface area (Å²) in [4.78, 5) is 31.1. The second kappa shape index (κ2) is 10.5. The van der Waals surface area contributed by atoms with Crippen molar-refractivity contribution in [1.82, 2.24) is 20.5 Å². The number of carbonyl (C=O) groups excluding carboxylic acids is 1. The van der Waals surface area contributed by atoms with E-state index >= 15 is 0 Å². The van der Waals surface area contributed by atoms with E-state index in [2.05, 4.69) is 38.4 Å². The van der Waals surface area contributed by atoms with Gasteiger partial charge in [0.15, 0.2) is 0 Å². The molecule has 1 aliphatic rings. The molecule has 8 nitrogen and oxygen atoms in total. The SMILES string of the molecule is CCN(c1cc(-c2cn[nH]c2C)cc(C(=O)NCc2c(C)cc(C)[nH]c2=O)c1C)C1CCOCC1. The van der Waals surface area contributed by atoms with Gasteiger partial charge < -0.3 is 19.9 Å². The first-order valence-corrected chi connectivity index (χ1v) is 12.3. The summed E-state index contributed by atoms with van der Waals surface area (Å²) in [5.74, 6) is -0.200. The summed E-state index contributed by atoms with van der Waals surface area (Å²) in [5.41, 5.74) is 7.50. The zero-order valence-corrected chi connectivity index (χ0v) is 21.2. The van der Waals surface area contributed by atoms with Gasteiger partial charge in [-0.25, -0.2) is 0 Å². The second-order valence-electron chi connectivity index (χ2n) is 9.33. The molecule has 8 heteroatoms. The number of hydrogen-bond acceptors (Lipinski definition) is 5. The standard InChI is InChI=1S/C27H35N5O3/c1-6-32(21-7-9-35-10-8-21)25-13-20(24-15-29-31-19(24)5)12-22(18(25)4)26(33)28-14-23-16(2)11-17(3)30-27(23)34/h11-13,15,21H,6-10,14H2,1-5H3,(H,28,33)(H,29,31)(H,30,34). The molecule has 35 heavy (non-hydrogen) atoms. The molecule has 1 aliphatic heterocycles. The Balaban J connectivity index is 1.72. The zero-order valence-electron chi connectivity index (χ0n) is 21.2. The number of rotatable bonds is 7. The molecule has 186 valence electrons. The number of H-pyrrole nitrogens is 2. The number of benzene rings is 1. The van der Waals surface area contributed by atoms with Crippen LogP contribution in [0.3, 0.4) is 0 Å². The molecule has 1 fully saturated rings. The van der Waals surface area contributed by atoms with Gasteiger partial charge in [-0.3, -0.25) is 14.7 Å². The highest BCUT2D eigenvalue weighted by molar-refractivity contribution is 5.99. The number of anilines is 1. The molecular formula is C27H35N5O3.